The van der Waals surface area contributed by atoms with Gasteiger partial charge in [-0.25, -0.2) is 9.18 Å². The second-order valence-corrected chi connectivity index (χ2v) is 7.01. The first kappa shape index (κ1) is 24.7. The molecule has 2 rings (SSSR count). The summed E-state index contributed by atoms with van der Waals surface area (Å²) >= 11 is 11.8. The van der Waals surface area contributed by atoms with E-state index < -0.39 is 52.3 Å². The molecule has 166 valence electrons. The Hall–Kier alpha value is -2.52. The van der Waals surface area contributed by atoms with E-state index in [-0.39, 0.29) is 27.8 Å². The zero-order chi connectivity index (χ0) is 23.7. The summed E-state index contributed by atoms with van der Waals surface area (Å²) in [6.45, 7) is 3.41. The van der Waals surface area contributed by atoms with E-state index >= 15 is 0 Å². The molecule has 0 amide bonds. The fraction of sp³-hybridized carbons (Fsp3) is 0.150. The van der Waals surface area contributed by atoms with Crippen LogP contribution >= 0.6 is 23.2 Å². The monoisotopic (exact) mass is 486 g/mol. The summed E-state index contributed by atoms with van der Waals surface area (Å²) < 4.78 is 94.7. The number of aromatic carboxylic acids is 1. The van der Waals surface area contributed by atoms with Gasteiger partial charge in [-0.05, 0) is 35.9 Å². The van der Waals surface area contributed by atoms with Crippen LogP contribution in [0, 0.1) is 0 Å². The van der Waals surface area contributed by atoms with Crippen molar-refractivity contribution in [3.63, 3.8) is 0 Å². The van der Waals surface area contributed by atoms with Crippen LogP contribution in [-0.2, 0) is 6.18 Å². The number of hydrogen-bond donors (Lipinski definition) is 1. The fourth-order valence-electron chi connectivity index (χ4n) is 2.71. The van der Waals surface area contributed by atoms with Crippen LogP contribution in [0.1, 0.15) is 38.5 Å². The SMILES string of the molecule is C=Cc1c(Cl)cc(C(/C=C(\F)c2ccc(C(=O)O)c(C(F)(F)F)c2)C(F)(F)F)cc1Cl. The highest BCUT2D eigenvalue weighted by Gasteiger charge is 2.41. The predicted octanol–water partition coefficient (Wildman–Crippen LogP) is 8.01. The highest BCUT2D eigenvalue weighted by Crippen LogP contribution is 2.42. The van der Waals surface area contributed by atoms with Crippen molar-refractivity contribution in [1.82, 2.24) is 0 Å². The van der Waals surface area contributed by atoms with Gasteiger partial charge in [0.25, 0.3) is 0 Å². The minimum atomic E-state index is -5.17. The van der Waals surface area contributed by atoms with Gasteiger partial charge in [-0.3, -0.25) is 0 Å². The number of allylic oxidation sites excluding steroid dienone is 1. The topological polar surface area (TPSA) is 37.3 Å². The molecule has 0 radical (unpaired) electrons. The highest BCUT2D eigenvalue weighted by molar-refractivity contribution is 6.37. The third kappa shape index (κ3) is 5.59. The summed E-state index contributed by atoms with van der Waals surface area (Å²) in [5, 5.41) is 8.49. The minimum Gasteiger partial charge on any atom is -0.478 e. The van der Waals surface area contributed by atoms with Crippen LogP contribution in [-0.4, -0.2) is 17.3 Å². The lowest BCUT2D eigenvalue weighted by Gasteiger charge is -2.19. The molecule has 0 aliphatic carbocycles. The van der Waals surface area contributed by atoms with E-state index in [1.54, 1.807) is 0 Å². The van der Waals surface area contributed by atoms with Crippen molar-refractivity contribution in [3.05, 3.63) is 80.8 Å². The van der Waals surface area contributed by atoms with Crippen molar-refractivity contribution in [3.8, 4) is 0 Å². The van der Waals surface area contributed by atoms with Crippen LogP contribution in [0.15, 0.2) is 43.0 Å². The number of benzene rings is 2. The largest absolute Gasteiger partial charge is 0.478 e. The van der Waals surface area contributed by atoms with Gasteiger partial charge in [-0.15, -0.1) is 0 Å². The summed E-state index contributed by atoms with van der Waals surface area (Å²) in [5.74, 6) is -6.18. The fourth-order valence-corrected chi connectivity index (χ4v) is 3.37. The van der Waals surface area contributed by atoms with E-state index in [0.717, 1.165) is 12.1 Å². The lowest BCUT2D eigenvalue weighted by atomic mass is 9.94. The molecule has 0 aliphatic heterocycles. The zero-order valence-corrected chi connectivity index (χ0v) is 16.6. The molecular weight excluding hydrogens is 476 g/mol. The summed E-state index contributed by atoms with van der Waals surface area (Å²) in [6.07, 6.45) is -8.95. The molecule has 31 heavy (non-hydrogen) atoms. The van der Waals surface area contributed by atoms with Gasteiger partial charge in [0, 0.05) is 21.2 Å². The second kappa shape index (κ2) is 8.92. The number of carboxylic acid groups (broad SMARTS) is 1. The number of carbonyl (C=O) groups is 1. The predicted molar refractivity (Wildman–Crippen MR) is 103 cm³/mol. The summed E-state index contributed by atoms with van der Waals surface area (Å²) in [6, 6.07) is 3.01. The maximum atomic E-state index is 14.6. The Morgan fingerprint density at radius 1 is 1.03 bits per heavy atom. The Balaban J connectivity index is 2.63. The Labute approximate surface area is 181 Å². The highest BCUT2D eigenvalue weighted by atomic mass is 35.5. The Bertz CT molecular complexity index is 1030. The first-order valence-electron chi connectivity index (χ1n) is 8.17. The van der Waals surface area contributed by atoms with Gasteiger partial charge in [0.05, 0.1) is 11.1 Å². The Kier molecular flexibility index (Phi) is 7.12. The molecule has 2 nitrogen and oxygen atoms in total. The first-order valence-corrected chi connectivity index (χ1v) is 8.92. The van der Waals surface area contributed by atoms with E-state index in [9.17, 15) is 35.5 Å². The van der Waals surface area contributed by atoms with Gasteiger partial charge in [0.1, 0.15) is 11.7 Å². The maximum absolute atomic E-state index is 14.6. The van der Waals surface area contributed by atoms with Gasteiger partial charge < -0.3 is 5.11 Å². The van der Waals surface area contributed by atoms with Crippen LogP contribution in [0.5, 0.6) is 0 Å². The lowest BCUT2D eigenvalue weighted by molar-refractivity contribution is -0.140. The summed E-state index contributed by atoms with van der Waals surface area (Å²) in [7, 11) is 0. The molecule has 0 bridgehead atoms. The van der Waals surface area contributed by atoms with Crippen molar-refractivity contribution in [1.29, 1.82) is 0 Å². The molecule has 0 aromatic heterocycles. The average molecular weight is 487 g/mol. The first-order chi connectivity index (χ1) is 14.2. The van der Waals surface area contributed by atoms with Gasteiger partial charge in [-0.2, -0.15) is 26.3 Å². The van der Waals surface area contributed by atoms with Crippen molar-refractivity contribution in [2.75, 3.05) is 0 Å². The molecule has 2 aromatic rings. The lowest BCUT2D eigenvalue weighted by Crippen LogP contribution is -2.19. The summed E-state index contributed by atoms with van der Waals surface area (Å²) in [4.78, 5) is 11.0. The molecule has 0 aliphatic rings. The molecule has 0 saturated heterocycles. The Morgan fingerprint density at radius 2 is 1.58 bits per heavy atom. The number of hydrogen-bond acceptors (Lipinski definition) is 1. The van der Waals surface area contributed by atoms with Crippen LogP contribution in [0.2, 0.25) is 10.0 Å². The molecule has 1 unspecified atom stereocenters. The van der Waals surface area contributed by atoms with Crippen molar-refractivity contribution < 1.29 is 40.6 Å². The van der Waals surface area contributed by atoms with Crippen molar-refractivity contribution in [2.24, 2.45) is 0 Å². The molecule has 0 spiro atoms. The zero-order valence-electron chi connectivity index (χ0n) is 15.1. The van der Waals surface area contributed by atoms with Crippen LogP contribution in [0.4, 0.5) is 30.7 Å². The quantitative estimate of drug-likeness (QED) is 0.434. The number of carboxylic acids is 1. The van der Waals surface area contributed by atoms with Crippen molar-refractivity contribution >= 4 is 41.1 Å². The smallest absolute Gasteiger partial charge is 0.417 e. The van der Waals surface area contributed by atoms with E-state index in [1.165, 1.54) is 6.08 Å². The van der Waals surface area contributed by atoms with E-state index in [1.807, 2.05) is 0 Å². The minimum absolute atomic E-state index is 0.0610. The van der Waals surface area contributed by atoms with Gasteiger partial charge in [0.15, 0.2) is 0 Å². The third-order valence-corrected chi connectivity index (χ3v) is 4.79. The third-order valence-electron chi connectivity index (χ3n) is 4.16. The normalized spacial score (nSPS) is 13.8. The van der Waals surface area contributed by atoms with E-state index in [4.69, 9.17) is 28.3 Å². The molecule has 1 atom stereocenters. The Morgan fingerprint density at radius 3 is 2.00 bits per heavy atom. The van der Waals surface area contributed by atoms with Crippen LogP contribution < -0.4 is 0 Å². The van der Waals surface area contributed by atoms with E-state index in [2.05, 4.69) is 6.58 Å². The van der Waals surface area contributed by atoms with Crippen LogP contribution in [0.25, 0.3) is 11.9 Å². The number of halogens is 9. The average Bonchev–Trinajstić information content (AvgIpc) is 2.63. The standard InChI is InChI=1S/C20H11Cl2F7O2/c1-2-11-15(21)6-10(7-16(11)22)13(19(24,25)26)8-17(23)9-3-4-12(18(30)31)14(5-9)20(27,28)29/h2-8,13H,1H2,(H,30,31)/b17-8-. The molecule has 2 aromatic carbocycles. The maximum Gasteiger partial charge on any atom is 0.417 e. The van der Waals surface area contributed by atoms with Crippen molar-refractivity contribution in [2.45, 2.75) is 18.3 Å². The second-order valence-electron chi connectivity index (χ2n) is 6.20. The molecule has 0 saturated carbocycles. The van der Waals surface area contributed by atoms with Gasteiger partial charge in [-0.1, -0.05) is 41.9 Å². The molecular formula is C20H11Cl2F7O2. The molecule has 1 N–H and O–H groups in total. The molecule has 0 heterocycles. The number of alkyl halides is 6. The molecule has 11 heteroatoms. The van der Waals surface area contributed by atoms with Gasteiger partial charge >= 0.3 is 18.3 Å². The van der Waals surface area contributed by atoms with Crippen LogP contribution in [0.3, 0.4) is 0 Å². The van der Waals surface area contributed by atoms with E-state index in [0.29, 0.717) is 12.1 Å². The number of rotatable bonds is 5. The summed E-state index contributed by atoms with van der Waals surface area (Å²) in [5.41, 5.74) is -4.16. The van der Waals surface area contributed by atoms with Gasteiger partial charge in [0.2, 0.25) is 0 Å². The molecule has 0 fully saturated rings.